The number of hydrogen-bond donors (Lipinski definition) is 1. The lowest BCUT2D eigenvalue weighted by Gasteiger charge is -2.22. The monoisotopic (exact) mass is 253 g/mol. The van der Waals surface area contributed by atoms with Gasteiger partial charge in [-0.1, -0.05) is 18.2 Å². The summed E-state index contributed by atoms with van der Waals surface area (Å²) in [7, 11) is 0. The van der Waals surface area contributed by atoms with E-state index in [1.807, 2.05) is 12.3 Å². The van der Waals surface area contributed by atoms with E-state index in [1.165, 1.54) is 43.4 Å². The summed E-state index contributed by atoms with van der Waals surface area (Å²) < 4.78 is 0. The Balaban J connectivity index is 1.65. The SMILES string of the molecule is c1ccc2c(NC3CCN4CCCC34)ccnc2c1. The predicted molar refractivity (Wildman–Crippen MR) is 78.4 cm³/mol. The Morgan fingerprint density at radius 3 is 3.05 bits per heavy atom. The molecular formula is C16H19N3. The molecule has 4 rings (SSSR count). The first-order chi connectivity index (χ1) is 9.42. The van der Waals surface area contributed by atoms with Gasteiger partial charge in [-0.2, -0.15) is 0 Å². The van der Waals surface area contributed by atoms with Crippen molar-refractivity contribution >= 4 is 16.6 Å². The van der Waals surface area contributed by atoms with Crippen LogP contribution in [0.15, 0.2) is 36.5 Å². The maximum Gasteiger partial charge on any atom is 0.0722 e. The van der Waals surface area contributed by atoms with Crippen molar-refractivity contribution < 1.29 is 0 Å². The van der Waals surface area contributed by atoms with Crippen LogP contribution >= 0.6 is 0 Å². The van der Waals surface area contributed by atoms with Crippen molar-refractivity contribution in [3.8, 4) is 0 Å². The van der Waals surface area contributed by atoms with Crippen LogP contribution < -0.4 is 5.32 Å². The van der Waals surface area contributed by atoms with Gasteiger partial charge in [-0.05, 0) is 37.9 Å². The summed E-state index contributed by atoms with van der Waals surface area (Å²) in [6.07, 6.45) is 5.88. The van der Waals surface area contributed by atoms with E-state index in [4.69, 9.17) is 0 Å². The molecule has 0 saturated carbocycles. The Morgan fingerprint density at radius 2 is 2.05 bits per heavy atom. The highest BCUT2D eigenvalue weighted by molar-refractivity contribution is 5.91. The summed E-state index contributed by atoms with van der Waals surface area (Å²) >= 11 is 0. The van der Waals surface area contributed by atoms with Gasteiger partial charge in [0, 0.05) is 35.9 Å². The lowest BCUT2D eigenvalue weighted by atomic mass is 10.1. The summed E-state index contributed by atoms with van der Waals surface area (Å²) in [5.41, 5.74) is 2.32. The lowest BCUT2D eigenvalue weighted by molar-refractivity contribution is 0.318. The van der Waals surface area contributed by atoms with Crippen LogP contribution in [0, 0.1) is 0 Å². The van der Waals surface area contributed by atoms with Crippen LogP contribution in [0.3, 0.4) is 0 Å². The maximum absolute atomic E-state index is 4.43. The third kappa shape index (κ3) is 1.89. The summed E-state index contributed by atoms with van der Waals surface area (Å²) in [4.78, 5) is 7.07. The van der Waals surface area contributed by atoms with E-state index in [0.717, 1.165) is 11.6 Å². The molecule has 1 N–H and O–H groups in total. The number of benzene rings is 1. The third-order valence-corrected chi connectivity index (χ3v) is 4.60. The standard InChI is InChI=1S/C16H19N3/c1-2-5-13-12(4-1)14(7-9-17-13)18-15-8-11-19-10-3-6-16(15)19/h1-2,4-5,7,9,15-16H,3,6,8,10-11H2,(H,17,18). The molecule has 2 saturated heterocycles. The highest BCUT2D eigenvalue weighted by Gasteiger charge is 2.37. The van der Waals surface area contributed by atoms with Gasteiger partial charge < -0.3 is 5.32 Å². The average Bonchev–Trinajstić information content (AvgIpc) is 3.04. The van der Waals surface area contributed by atoms with Gasteiger partial charge in [0.1, 0.15) is 0 Å². The smallest absolute Gasteiger partial charge is 0.0722 e. The second kappa shape index (κ2) is 4.49. The Bertz CT molecular complexity index is 590. The van der Waals surface area contributed by atoms with Crippen LogP contribution in [0.4, 0.5) is 5.69 Å². The van der Waals surface area contributed by atoms with Crippen LogP contribution in [-0.2, 0) is 0 Å². The highest BCUT2D eigenvalue weighted by Crippen LogP contribution is 2.31. The zero-order chi connectivity index (χ0) is 12.7. The Labute approximate surface area is 113 Å². The molecule has 1 aromatic heterocycles. The topological polar surface area (TPSA) is 28.2 Å². The molecule has 0 bridgehead atoms. The largest absolute Gasteiger partial charge is 0.380 e. The van der Waals surface area contributed by atoms with E-state index in [-0.39, 0.29) is 0 Å². The van der Waals surface area contributed by atoms with Crippen LogP contribution in [-0.4, -0.2) is 35.1 Å². The van der Waals surface area contributed by atoms with Gasteiger partial charge in [-0.25, -0.2) is 0 Å². The number of pyridine rings is 1. The molecule has 3 heterocycles. The molecule has 3 heteroatoms. The van der Waals surface area contributed by atoms with E-state index < -0.39 is 0 Å². The van der Waals surface area contributed by atoms with Gasteiger partial charge in [-0.3, -0.25) is 9.88 Å². The highest BCUT2D eigenvalue weighted by atomic mass is 15.2. The number of fused-ring (bicyclic) bond motifs is 2. The molecule has 2 aliphatic heterocycles. The predicted octanol–water partition coefficient (Wildman–Crippen LogP) is 2.88. The van der Waals surface area contributed by atoms with Crippen molar-refractivity contribution in [2.45, 2.75) is 31.3 Å². The summed E-state index contributed by atoms with van der Waals surface area (Å²) in [6.45, 7) is 2.55. The van der Waals surface area contributed by atoms with Crippen LogP contribution in [0.25, 0.3) is 10.9 Å². The summed E-state index contributed by atoms with van der Waals surface area (Å²) in [5, 5.41) is 5.01. The van der Waals surface area contributed by atoms with Crippen molar-refractivity contribution in [2.75, 3.05) is 18.4 Å². The fourth-order valence-electron chi connectivity index (χ4n) is 3.67. The van der Waals surface area contributed by atoms with Gasteiger partial charge in [0.25, 0.3) is 0 Å². The number of para-hydroxylation sites is 1. The zero-order valence-corrected chi connectivity index (χ0v) is 11.0. The van der Waals surface area contributed by atoms with Crippen molar-refractivity contribution in [1.29, 1.82) is 0 Å². The first-order valence-corrected chi connectivity index (χ1v) is 7.26. The molecule has 0 amide bonds. The molecular weight excluding hydrogens is 234 g/mol. The van der Waals surface area contributed by atoms with E-state index >= 15 is 0 Å². The first kappa shape index (κ1) is 11.2. The molecule has 0 aliphatic carbocycles. The van der Waals surface area contributed by atoms with Crippen molar-refractivity contribution in [2.24, 2.45) is 0 Å². The van der Waals surface area contributed by atoms with Gasteiger partial charge in [0.05, 0.1) is 5.52 Å². The van der Waals surface area contributed by atoms with Gasteiger partial charge >= 0.3 is 0 Å². The molecule has 19 heavy (non-hydrogen) atoms. The summed E-state index contributed by atoms with van der Waals surface area (Å²) in [6, 6.07) is 11.8. The quantitative estimate of drug-likeness (QED) is 0.892. The number of anilines is 1. The van der Waals surface area contributed by atoms with E-state index in [9.17, 15) is 0 Å². The first-order valence-electron chi connectivity index (χ1n) is 7.26. The van der Waals surface area contributed by atoms with Crippen LogP contribution in [0.2, 0.25) is 0 Å². The average molecular weight is 253 g/mol. The Kier molecular flexibility index (Phi) is 2.66. The molecule has 2 atom stereocenters. The molecule has 0 radical (unpaired) electrons. The van der Waals surface area contributed by atoms with Crippen LogP contribution in [0.5, 0.6) is 0 Å². The molecule has 2 aromatic rings. The van der Waals surface area contributed by atoms with Gasteiger partial charge in [-0.15, -0.1) is 0 Å². The number of rotatable bonds is 2. The zero-order valence-electron chi connectivity index (χ0n) is 11.0. The molecule has 2 unspecified atom stereocenters. The summed E-state index contributed by atoms with van der Waals surface area (Å²) in [5.74, 6) is 0. The molecule has 3 nitrogen and oxygen atoms in total. The Morgan fingerprint density at radius 1 is 1.11 bits per heavy atom. The lowest BCUT2D eigenvalue weighted by Crippen LogP contribution is -2.33. The van der Waals surface area contributed by atoms with Crippen molar-refractivity contribution in [1.82, 2.24) is 9.88 Å². The molecule has 2 aliphatic rings. The number of aromatic nitrogens is 1. The second-order valence-corrected chi connectivity index (χ2v) is 5.66. The number of hydrogen-bond acceptors (Lipinski definition) is 3. The Hall–Kier alpha value is -1.61. The number of nitrogens with zero attached hydrogens (tertiary/aromatic N) is 2. The van der Waals surface area contributed by atoms with Crippen molar-refractivity contribution in [3.63, 3.8) is 0 Å². The molecule has 1 aromatic carbocycles. The maximum atomic E-state index is 4.43. The van der Waals surface area contributed by atoms with Gasteiger partial charge in [0.2, 0.25) is 0 Å². The fraction of sp³-hybridized carbons (Fsp3) is 0.438. The molecule has 98 valence electrons. The minimum Gasteiger partial charge on any atom is -0.380 e. The van der Waals surface area contributed by atoms with Crippen molar-refractivity contribution in [3.05, 3.63) is 36.5 Å². The minimum atomic E-state index is 0.605. The normalized spacial score (nSPS) is 26.7. The number of nitrogens with one attached hydrogen (secondary N) is 1. The molecule has 0 spiro atoms. The fourth-order valence-corrected chi connectivity index (χ4v) is 3.67. The van der Waals surface area contributed by atoms with E-state index in [2.05, 4.69) is 39.5 Å². The van der Waals surface area contributed by atoms with E-state index in [1.54, 1.807) is 0 Å². The van der Waals surface area contributed by atoms with Crippen LogP contribution in [0.1, 0.15) is 19.3 Å². The third-order valence-electron chi connectivity index (χ3n) is 4.60. The van der Waals surface area contributed by atoms with Gasteiger partial charge in [0.15, 0.2) is 0 Å². The van der Waals surface area contributed by atoms with E-state index in [0.29, 0.717) is 6.04 Å². The second-order valence-electron chi connectivity index (χ2n) is 5.66. The molecule has 2 fully saturated rings. The minimum absolute atomic E-state index is 0.605.